The molecule has 1 saturated heterocycles. The molecule has 1 heterocycles. The molecule has 0 radical (unpaired) electrons. The summed E-state index contributed by atoms with van der Waals surface area (Å²) in [6.45, 7) is 4.50. The first-order valence-corrected chi connectivity index (χ1v) is 9.48. The van der Waals surface area contributed by atoms with E-state index in [1.54, 1.807) is 4.31 Å². The molecule has 1 aromatic carbocycles. The lowest BCUT2D eigenvalue weighted by atomic mass is 10.1. The molecule has 0 saturated carbocycles. The quantitative estimate of drug-likeness (QED) is 0.787. The average Bonchev–Trinajstić information content (AvgIpc) is 2.48. The van der Waals surface area contributed by atoms with E-state index in [9.17, 15) is 8.42 Å². The molecule has 1 atom stereocenters. The van der Waals surface area contributed by atoms with Crippen LogP contribution in [-0.2, 0) is 15.8 Å². The Bertz CT molecular complexity index is 516. The van der Waals surface area contributed by atoms with Crippen molar-refractivity contribution < 1.29 is 8.42 Å². The number of rotatable bonds is 7. The van der Waals surface area contributed by atoms with Gasteiger partial charge >= 0.3 is 0 Å². The first kappa shape index (κ1) is 16.5. The second-order valence-electron chi connectivity index (χ2n) is 5.71. The maximum absolute atomic E-state index is 12.7. The molecular weight excluding hydrogens is 284 g/mol. The number of sulfonamides is 1. The van der Waals surface area contributed by atoms with Crippen molar-refractivity contribution in [1.82, 2.24) is 9.62 Å². The third-order valence-corrected chi connectivity index (χ3v) is 5.82. The molecule has 2 rings (SSSR count). The number of hydrogen-bond acceptors (Lipinski definition) is 3. The van der Waals surface area contributed by atoms with Crippen molar-refractivity contribution in [2.75, 3.05) is 19.6 Å². The van der Waals surface area contributed by atoms with Crippen LogP contribution in [0.25, 0.3) is 0 Å². The Labute approximate surface area is 128 Å². The van der Waals surface area contributed by atoms with Gasteiger partial charge in [0.15, 0.2) is 0 Å². The van der Waals surface area contributed by atoms with E-state index < -0.39 is 10.0 Å². The summed E-state index contributed by atoms with van der Waals surface area (Å²) in [5, 5.41) is 3.36. The molecule has 0 bridgehead atoms. The molecule has 1 unspecified atom stereocenters. The maximum atomic E-state index is 12.7. The van der Waals surface area contributed by atoms with Crippen molar-refractivity contribution in [2.24, 2.45) is 0 Å². The summed E-state index contributed by atoms with van der Waals surface area (Å²) < 4.78 is 27.1. The second-order valence-corrected chi connectivity index (χ2v) is 7.63. The molecule has 0 amide bonds. The summed E-state index contributed by atoms with van der Waals surface area (Å²) in [4.78, 5) is 0. The Morgan fingerprint density at radius 2 is 2.00 bits per heavy atom. The SMILES string of the molecule is CCCNCC1CCCCN1S(=O)(=O)Cc1ccccc1. The lowest BCUT2D eigenvalue weighted by molar-refractivity contribution is 0.245. The highest BCUT2D eigenvalue weighted by atomic mass is 32.2. The number of benzene rings is 1. The van der Waals surface area contributed by atoms with Crippen molar-refractivity contribution in [1.29, 1.82) is 0 Å². The van der Waals surface area contributed by atoms with Gasteiger partial charge in [-0.05, 0) is 31.4 Å². The van der Waals surface area contributed by atoms with Crippen LogP contribution in [0, 0.1) is 0 Å². The first-order chi connectivity index (χ1) is 10.1. The molecule has 0 aliphatic carbocycles. The number of nitrogens with zero attached hydrogens (tertiary/aromatic N) is 1. The van der Waals surface area contributed by atoms with Gasteiger partial charge in [0, 0.05) is 19.1 Å². The van der Waals surface area contributed by atoms with Gasteiger partial charge in [-0.25, -0.2) is 8.42 Å². The van der Waals surface area contributed by atoms with Crippen LogP contribution in [0.5, 0.6) is 0 Å². The second kappa shape index (κ2) is 7.92. The summed E-state index contributed by atoms with van der Waals surface area (Å²) in [6.07, 6.45) is 4.13. The maximum Gasteiger partial charge on any atom is 0.218 e. The zero-order chi connectivity index (χ0) is 15.1. The molecule has 1 N–H and O–H groups in total. The molecule has 1 aromatic rings. The van der Waals surface area contributed by atoms with Gasteiger partial charge < -0.3 is 5.32 Å². The third kappa shape index (κ3) is 4.80. The summed E-state index contributed by atoms with van der Waals surface area (Å²) in [5.41, 5.74) is 0.864. The van der Waals surface area contributed by atoms with Crippen LogP contribution in [-0.4, -0.2) is 38.4 Å². The normalized spacial score (nSPS) is 20.5. The van der Waals surface area contributed by atoms with E-state index in [1.165, 1.54) is 0 Å². The van der Waals surface area contributed by atoms with Gasteiger partial charge in [-0.1, -0.05) is 43.7 Å². The van der Waals surface area contributed by atoms with E-state index >= 15 is 0 Å². The Morgan fingerprint density at radius 3 is 2.71 bits per heavy atom. The fraction of sp³-hybridized carbons (Fsp3) is 0.625. The smallest absolute Gasteiger partial charge is 0.218 e. The van der Waals surface area contributed by atoms with E-state index in [0.717, 1.165) is 44.3 Å². The Morgan fingerprint density at radius 1 is 1.24 bits per heavy atom. The highest BCUT2D eigenvalue weighted by Gasteiger charge is 2.31. The number of piperidine rings is 1. The molecule has 1 fully saturated rings. The zero-order valence-corrected chi connectivity index (χ0v) is 13.6. The summed E-state index contributed by atoms with van der Waals surface area (Å²) in [6, 6.07) is 9.56. The van der Waals surface area contributed by atoms with Gasteiger partial charge in [-0.15, -0.1) is 0 Å². The minimum Gasteiger partial charge on any atom is -0.315 e. The van der Waals surface area contributed by atoms with Gasteiger partial charge in [0.05, 0.1) is 5.75 Å². The minimum atomic E-state index is -3.23. The third-order valence-electron chi connectivity index (χ3n) is 3.93. The summed E-state index contributed by atoms with van der Waals surface area (Å²) in [5.74, 6) is 0.109. The fourth-order valence-corrected chi connectivity index (χ4v) is 4.68. The van der Waals surface area contributed by atoms with Crippen LogP contribution in [0.15, 0.2) is 30.3 Å². The highest BCUT2D eigenvalue weighted by Crippen LogP contribution is 2.22. The van der Waals surface area contributed by atoms with Gasteiger partial charge in [0.1, 0.15) is 0 Å². The lowest BCUT2D eigenvalue weighted by Gasteiger charge is -2.35. The Hall–Kier alpha value is -0.910. The van der Waals surface area contributed by atoms with Crippen molar-refractivity contribution in [3.63, 3.8) is 0 Å². The molecule has 0 spiro atoms. The molecule has 1 aliphatic rings. The van der Waals surface area contributed by atoms with Crippen LogP contribution in [0.4, 0.5) is 0 Å². The molecule has 5 heteroatoms. The zero-order valence-electron chi connectivity index (χ0n) is 12.8. The van der Waals surface area contributed by atoms with E-state index in [1.807, 2.05) is 30.3 Å². The average molecular weight is 310 g/mol. The van der Waals surface area contributed by atoms with Gasteiger partial charge in [0.2, 0.25) is 10.0 Å². The van der Waals surface area contributed by atoms with Crippen LogP contribution in [0.3, 0.4) is 0 Å². The van der Waals surface area contributed by atoms with Gasteiger partial charge in [0.25, 0.3) is 0 Å². The largest absolute Gasteiger partial charge is 0.315 e. The van der Waals surface area contributed by atoms with Crippen LogP contribution < -0.4 is 5.32 Å². The highest BCUT2D eigenvalue weighted by molar-refractivity contribution is 7.88. The standard InChI is InChI=1S/C16H26N2O2S/c1-2-11-17-13-16-10-6-7-12-18(16)21(19,20)14-15-8-4-3-5-9-15/h3-5,8-9,16-17H,2,6-7,10-14H2,1H3. The van der Waals surface area contributed by atoms with E-state index in [-0.39, 0.29) is 11.8 Å². The molecule has 118 valence electrons. The summed E-state index contributed by atoms with van der Waals surface area (Å²) >= 11 is 0. The molecule has 4 nitrogen and oxygen atoms in total. The van der Waals surface area contributed by atoms with Crippen LogP contribution >= 0.6 is 0 Å². The Kier molecular flexibility index (Phi) is 6.21. The van der Waals surface area contributed by atoms with Crippen LogP contribution in [0.2, 0.25) is 0 Å². The van der Waals surface area contributed by atoms with Crippen molar-refractivity contribution in [3.05, 3.63) is 35.9 Å². The Balaban J connectivity index is 2.04. The first-order valence-electron chi connectivity index (χ1n) is 7.87. The number of hydrogen-bond donors (Lipinski definition) is 1. The van der Waals surface area contributed by atoms with Gasteiger partial charge in [-0.3, -0.25) is 0 Å². The van der Waals surface area contributed by atoms with Crippen LogP contribution in [0.1, 0.15) is 38.2 Å². The van der Waals surface area contributed by atoms with Gasteiger partial charge in [-0.2, -0.15) is 4.31 Å². The predicted octanol–water partition coefficient (Wildman–Crippen LogP) is 2.37. The molecule has 21 heavy (non-hydrogen) atoms. The van der Waals surface area contributed by atoms with E-state index in [2.05, 4.69) is 12.2 Å². The number of nitrogens with one attached hydrogen (secondary N) is 1. The van der Waals surface area contributed by atoms with E-state index in [4.69, 9.17) is 0 Å². The molecule has 1 aliphatic heterocycles. The van der Waals surface area contributed by atoms with Crippen molar-refractivity contribution in [2.45, 2.75) is 44.4 Å². The molecule has 0 aromatic heterocycles. The topological polar surface area (TPSA) is 49.4 Å². The fourth-order valence-electron chi connectivity index (χ4n) is 2.86. The predicted molar refractivity (Wildman–Crippen MR) is 86.6 cm³/mol. The van der Waals surface area contributed by atoms with Crippen molar-refractivity contribution in [3.8, 4) is 0 Å². The summed E-state index contributed by atoms with van der Waals surface area (Å²) in [7, 11) is -3.23. The minimum absolute atomic E-state index is 0.109. The molecular formula is C16H26N2O2S. The van der Waals surface area contributed by atoms with Crippen molar-refractivity contribution >= 4 is 10.0 Å². The lowest BCUT2D eigenvalue weighted by Crippen LogP contribution is -2.48. The van der Waals surface area contributed by atoms with E-state index in [0.29, 0.717) is 6.54 Å². The monoisotopic (exact) mass is 310 g/mol.